The number of aryl methyl sites for hydroxylation is 1. The number of aromatic nitrogens is 1. The van der Waals surface area contributed by atoms with E-state index in [1.165, 1.54) is 30.4 Å². The molecule has 0 aliphatic heterocycles. The smallest absolute Gasteiger partial charge is 0.186 e. The first-order chi connectivity index (χ1) is 8.97. The van der Waals surface area contributed by atoms with E-state index in [1.54, 1.807) is 6.07 Å². The van der Waals surface area contributed by atoms with Gasteiger partial charge < -0.3 is 4.90 Å². The molecule has 0 N–H and O–H groups in total. The normalized spacial score (nSPS) is 10.5. The van der Waals surface area contributed by atoms with Crippen molar-refractivity contribution in [1.82, 2.24) is 4.98 Å². The van der Waals surface area contributed by atoms with Crippen molar-refractivity contribution in [2.45, 2.75) is 20.4 Å². The number of carbonyl (C=O) groups is 1. The van der Waals surface area contributed by atoms with Crippen LogP contribution in [-0.2, 0) is 6.54 Å². The highest BCUT2D eigenvalue weighted by Gasteiger charge is 2.14. The molecule has 0 spiro atoms. The fourth-order valence-corrected chi connectivity index (χ4v) is 2.77. The summed E-state index contributed by atoms with van der Waals surface area (Å²) >= 11 is 1.37. The Morgan fingerprint density at radius 1 is 1.47 bits per heavy atom. The summed E-state index contributed by atoms with van der Waals surface area (Å²) in [5, 5.41) is 0.770. The Labute approximate surface area is 115 Å². The summed E-state index contributed by atoms with van der Waals surface area (Å²) in [5.74, 6) is -0.217. The number of nitrogens with zero attached hydrogens (tertiary/aromatic N) is 2. The van der Waals surface area contributed by atoms with E-state index < -0.39 is 0 Å². The van der Waals surface area contributed by atoms with E-state index in [1.807, 2.05) is 24.9 Å². The second-order valence-corrected chi connectivity index (χ2v) is 5.43. The molecule has 19 heavy (non-hydrogen) atoms. The van der Waals surface area contributed by atoms with Crippen LogP contribution in [0.3, 0.4) is 0 Å². The summed E-state index contributed by atoms with van der Waals surface area (Å²) in [7, 11) is 1.88. The van der Waals surface area contributed by atoms with Gasteiger partial charge in [0.05, 0.1) is 10.6 Å². The maximum atomic E-state index is 13.1. The summed E-state index contributed by atoms with van der Waals surface area (Å²) < 4.78 is 13.1. The van der Waals surface area contributed by atoms with Gasteiger partial charge in [0.15, 0.2) is 10.9 Å². The zero-order valence-electron chi connectivity index (χ0n) is 11.1. The van der Waals surface area contributed by atoms with E-state index in [-0.39, 0.29) is 11.6 Å². The predicted molar refractivity (Wildman–Crippen MR) is 75.4 cm³/mol. The number of anilines is 1. The lowest BCUT2D eigenvalue weighted by atomic mass is 10.2. The van der Waals surface area contributed by atoms with Gasteiger partial charge >= 0.3 is 0 Å². The van der Waals surface area contributed by atoms with Crippen molar-refractivity contribution in [3.05, 3.63) is 46.2 Å². The first-order valence-electron chi connectivity index (χ1n) is 5.91. The van der Waals surface area contributed by atoms with Gasteiger partial charge in [-0.3, -0.25) is 4.79 Å². The predicted octanol–water partition coefficient (Wildman–Crippen LogP) is 3.43. The van der Waals surface area contributed by atoms with Gasteiger partial charge in [0.1, 0.15) is 5.82 Å². The van der Waals surface area contributed by atoms with Crippen molar-refractivity contribution in [1.29, 1.82) is 0 Å². The lowest BCUT2D eigenvalue weighted by Crippen LogP contribution is -2.16. The number of rotatable bonds is 4. The summed E-state index contributed by atoms with van der Waals surface area (Å²) in [4.78, 5) is 18.4. The standard InChI is InChI=1S/C14H15FN2OS/c1-9-13(10(2)18)19-14(16-9)17(3)8-11-5-4-6-12(15)7-11/h4-7H,8H2,1-3H3. The quantitative estimate of drug-likeness (QED) is 0.803. The lowest BCUT2D eigenvalue weighted by molar-refractivity contribution is 0.102. The van der Waals surface area contributed by atoms with Gasteiger partial charge in [-0.15, -0.1) is 0 Å². The Balaban J connectivity index is 2.18. The summed E-state index contributed by atoms with van der Waals surface area (Å²) in [6, 6.07) is 6.48. The molecule has 0 aliphatic carbocycles. The molecule has 0 saturated heterocycles. The van der Waals surface area contributed by atoms with Crippen LogP contribution in [0.2, 0.25) is 0 Å². The minimum absolute atomic E-state index is 0.0282. The fraction of sp³-hybridized carbons (Fsp3) is 0.286. The highest BCUT2D eigenvalue weighted by Crippen LogP contribution is 2.26. The Hall–Kier alpha value is -1.75. The topological polar surface area (TPSA) is 33.2 Å². The molecule has 0 atom stereocenters. The summed E-state index contributed by atoms with van der Waals surface area (Å²) in [5.41, 5.74) is 1.62. The highest BCUT2D eigenvalue weighted by atomic mass is 32.1. The minimum Gasteiger partial charge on any atom is -0.347 e. The molecule has 1 aromatic heterocycles. The van der Waals surface area contributed by atoms with Gasteiger partial charge in [-0.1, -0.05) is 23.5 Å². The first kappa shape index (κ1) is 13.7. The largest absolute Gasteiger partial charge is 0.347 e. The van der Waals surface area contributed by atoms with E-state index in [2.05, 4.69) is 4.98 Å². The fourth-order valence-electron chi connectivity index (χ4n) is 1.85. The molecule has 3 nitrogen and oxygen atoms in total. The van der Waals surface area contributed by atoms with Gasteiger partial charge in [-0.25, -0.2) is 9.37 Å². The molecule has 0 aliphatic rings. The molecule has 0 amide bonds. The Morgan fingerprint density at radius 2 is 2.21 bits per heavy atom. The molecule has 0 unspecified atom stereocenters. The van der Waals surface area contributed by atoms with E-state index in [0.717, 1.165) is 16.4 Å². The number of halogens is 1. The van der Waals surface area contributed by atoms with Crippen molar-refractivity contribution < 1.29 is 9.18 Å². The number of thiazole rings is 1. The van der Waals surface area contributed by atoms with Gasteiger partial charge in [0, 0.05) is 20.5 Å². The number of benzene rings is 1. The van der Waals surface area contributed by atoms with Crippen molar-refractivity contribution in [2.24, 2.45) is 0 Å². The van der Waals surface area contributed by atoms with E-state index in [9.17, 15) is 9.18 Å². The third-order valence-electron chi connectivity index (χ3n) is 2.74. The zero-order chi connectivity index (χ0) is 14.0. The SMILES string of the molecule is CC(=O)c1sc(N(C)Cc2cccc(F)c2)nc1C. The summed E-state index contributed by atoms with van der Waals surface area (Å²) in [6.45, 7) is 3.92. The van der Waals surface area contributed by atoms with Crippen LogP contribution in [0.5, 0.6) is 0 Å². The van der Waals surface area contributed by atoms with Crippen LogP contribution < -0.4 is 4.90 Å². The molecule has 0 saturated carbocycles. The number of hydrogen-bond donors (Lipinski definition) is 0. The molecule has 0 bridgehead atoms. The molecule has 2 rings (SSSR count). The third kappa shape index (κ3) is 3.17. The second kappa shape index (κ2) is 5.48. The zero-order valence-corrected chi connectivity index (χ0v) is 11.9. The molecule has 0 fully saturated rings. The third-order valence-corrected chi connectivity index (χ3v) is 4.11. The molecule has 5 heteroatoms. The number of ketones is 1. The average Bonchev–Trinajstić information content (AvgIpc) is 2.71. The molecule has 1 heterocycles. The van der Waals surface area contributed by atoms with Crippen LogP contribution >= 0.6 is 11.3 Å². The lowest BCUT2D eigenvalue weighted by Gasteiger charge is -2.15. The van der Waals surface area contributed by atoms with Gasteiger partial charge in [0.2, 0.25) is 0 Å². The van der Waals surface area contributed by atoms with Crippen LogP contribution in [0.4, 0.5) is 9.52 Å². The maximum absolute atomic E-state index is 13.1. The Morgan fingerprint density at radius 3 is 2.79 bits per heavy atom. The van der Waals surface area contributed by atoms with Crippen LogP contribution in [0.1, 0.15) is 27.9 Å². The summed E-state index contributed by atoms with van der Waals surface area (Å²) in [6.07, 6.45) is 0. The van der Waals surface area contributed by atoms with Crippen molar-refractivity contribution in [3.63, 3.8) is 0 Å². The Kier molecular flexibility index (Phi) is 3.95. The van der Waals surface area contributed by atoms with E-state index >= 15 is 0 Å². The highest BCUT2D eigenvalue weighted by molar-refractivity contribution is 7.17. The van der Waals surface area contributed by atoms with Crippen LogP contribution in [0.15, 0.2) is 24.3 Å². The van der Waals surface area contributed by atoms with Crippen LogP contribution in [0, 0.1) is 12.7 Å². The monoisotopic (exact) mass is 278 g/mol. The van der Waals surface area contributed by atoms with Crippen LogP contribution in [-0.4, -0.2) is 17.8 Å². The van der Waals surface area contributed by atoms with Gasteiger partial charge in [-0.2, -0.15) is 0 Å². The minimum atomic E-state index is -0.245. The van der Waals surface area contributed by atoms with Gasteiger partial charge in [0.25, 0.3) is 0 Å². The van der Waals surface area contributed by atoms with Crippen molar-refractivity contribution >= 4 is 22.3 Å². The number of carbonyl (C=O) groups excluding carboxylic acids is 1. The maximum Gasteiger partial charge on any atom is 0.186 e. The van der Waals surface area contributed by atoms with E-state index in [4.69, 9.17) is 0 Å². The molecule has 0 radical (unpaired) electrons. The molecule has 1 aromatic carbocycles. The van der Waals surface area contributed by atoms with Crippen LogP contribution in [0.25, 0.3) is 0 Å². The molecular formula is C14H15FN2OS. The van der Waals surface area contributed by atoms with Crippen molar-refractivity contribution in [2.75, 3.05) is 11.9 Å². The first-order valence-corrected chi connectivity index (χ1v) is 6.73. The molecular weight excluding hydrogens is 263 g/mol. The Bertz CT molecular complexity index is 609. The van der Waals surface area contributed by atoms with Crippen molar-refractivity contribution in [3.8, 4) is 0 Å². The van der Waals surface area contributed by atoms with E-state index in [0.29, 0.717) is 11.4 Å². The molecule has 100 valence electrons. The molecule has 2 aromatic rings. The number of Topliss-reactive ketones (excluding diaryl/α,β-unsaturated/α-hetero) is 1. The van der Waals surface area contributed by atoms with Gasteiger partial charge in [-0.05, 0) is 24.6 Å². The average molecular weight is 278 g/mol. The second-order valence-electron chi connectivity index (χ2n) is 4.45. The number of hydrogen-bond acceptors (Lipinski definition) is 4.